The zero-order chi connectivity index (χ0) is 17.3. The maximum absolute atomic E-state index is 9.95. The fourth-order valence-corrected chi connectivity index (χ4v) is 4.89. The third kappa shape index (κ3) is 3.00. The molecule has 1 N–H and O–H groups in total. The molecular formula is C23H27NO. The number of hydrogen-bond acceptors (Lipinski definition) is 2. The summed E-state index contributed by atoms with van der Waals surface area (Å²) >= 11 is 0. The molecule has 2 bridgehead atoms. The van der Waals surface area contributed by atoms with Crippen molar-refractivity contribution < 1.29 is 5.11 Å². The van der Waals surface area contributed by atoms with Crippen LogP contribution in [0.3, 0.4) is 0 Å². The third-order valence-electron chi connectivity index (χ3n) is 6.29. The minimum Gasteiger partial charge on any atom is -0.508 e. The van der Waals surface area contributed by atoms with Crippen molar-refractivity contribution in [3.63, 3.8) is 0 Å². The van der Waals surface area contributed by atoms with Crippen molar-refractivity contribution in [2.75, 3.05) is 13.1 Å². The molecule has 2 aromatic rings. The van der Waals surface area contributed by atoms with Crippen LogP contribution in [0.5, 0.6) is 5.75 Å². The van der Waals surface area contributed by atoms with E-state index in [-0.39, 0.29) is 5.41 Å². The predicted molar refractivity (Wildman–Crippen MR) is 103 cm³/mol. The van der Waals surface area contributed by atoms with E-state index in [9.17, 15) is 5.11 Å². The van der Waals surface area contributed by atoms with E-state index in [1.165, 1.54) is 29.5 Å². The van der Waals surface area contributed by atoms with Gasteiger partial charge in [0.05, 0.1) is 0 Å². The Bertz CT molecular complexity index is 754. The molecule has 0 unspecified atom stereocenters. The molecule has 2 heteroatoms. The van der Waals surface area contributed by atoms with Gasteiger partial charge in [-0.25, -0.2) is 0 Å². The summed E-state index contributed by atoms with van der Waals surface area (Å²) in [6.07, 6.45) is 5.83. The summed E-state index contributed by atoms with van der Waals surface area (Å²) in [5.74, 6) is 0.369. The molecule has 2 atom stereocenters. The first-order chi connectivity index (χ1) is 12.2. The lowest BCUT2D eigenvalue weighted by Crippen LogP contribution is -2.53. The maximum atomic E-state index is 9.95. The molecule has 1 saturated heterocycles. The van der Waals surface area contributed by atoms with Crippen molar-refractivity contribution >= 4 is 0 Å². The van der Waals surface area contributed by atoms with Gasteiger partial charge in [-0.15, -0.1) is 0 Å². The summed E-state index contributed by atoms with van der Waals surface area (Å²) in [6.45, 7) is 6.78. The third-order valence-corrected chi connectivity index (χ3v) is 6.29. The average Bonchev–Trinajstić information content (AvgIpc) is 2.62. The number of piperidine rings is 1. The number of aromatic hydroxyl groups is 1. The van der Waals surface area contributed by atoms with E-state index in [2.05, 4.69) is 47.9 Å². The first-order valence-electron chi connectivity index (χ1n) is 9.46. The standard InChI is InChI=1S/C23H27NO/c1-18-22-11-6-13-23(18,20-9-5-10-21(25)17-20)14-16-24(22)15-12-19-7-3-2-4-8-19/h2-5,7-10,17,22,25H,1,6,11-16H2/t22-,23-/m0/s1. The van der Waals surface area contributed by atoms with Crippen molar-refractivity contribution in [1.82, 2.24) is 4.90 Å². The van der Waals surface area contributed by atoms with E-state index < -0.39 is 0 Å². The van der Waals surface area contributed by atoms with Gasteiger partial charge in [-0.3, -0.25) is 4.90 Å². The Morgan fingerprint density at radius 2 is 1.92 bits per heavy atom. The minimum atomic E-state index is 0.0604. The van der Waals surface area contributed by atoms with Crippen LogP contribution in [0.1, 0.15) is 36.8 Å². The van der Waals surface area contributed by atoms with Gasteiger partial charge < -0.3 is 5.11 Å². The molecule has 0 radical (unpaired) electrons. The van der Waals surface area contributed by atoms with E-state index in [0.717, 1.165) is 32.4 Å². The van der Waals surface area contributed by atoms with Crippen LogP contribution in [-0.4, -0.2) is 29.1 Å². The molecule has 130 valence electrons. The Hall–Kier alpha value is -2.06. The molecule has 1 aliphatic heterocycles. The van der Waals surface area contributed by atoms with E-state index >= 15 is 0 Å². The van der Waals surface area contributed by atoms with E-state index in [1.807, 2.05) is 12.1 Å². The lowest BCUT2D eigenvalue weighted by molar-refractivity contribution is 0.111. The maximum Gasteiger partial charge on any atom is 0.115 e. The molecule has 1 heterocycles. The summed E-state index contributed by atoms with van der Waals surface area (Å²) in [7, 11) is 0. The number of phenolic OH excluding ortho intramolecular Hbond substituents is 1. The molecular weight excluding hydrogens is 306 g/mol. The Balaban J connectivity index is 1.53. The summed E-state index contributed by atoms with van der Waals surface area (Å²) in [4.78, 5) is 2.63. The highest BCUT2D eigenvalue weighted by Crippen LogP contribution is 2.50. The largest absolute Gasteiger partial charge is 0.508 e. The molecule has 2 aliphatic rings. The second kappa shape index (κ2) is 6.68. The highest BCUT2D eigenvalue weighted by Gasteiger charge is 2.46. The van der Waals surface area contributed by atoms with Crippen molar-refractivity contribution in [2.45, 2.75) is 43.6 Å². The molecule has 2 nitrogen and oxygen atoms in total. The second-order valence-electron chi connectivity index (χ2n) is 7.59. The fraction of sp³-hybridized carbons (Fsp3) is 0.391. The van der Waals surface area contributed by atoms with Gasteiger partial charge in [0.25, 0.3) is 0 Å². The van der Waals surface area contributed by atoms with Gasteiger partial charge in [-0.05, 0) is 61.1 Å². The van der Waals surface area contributed by atoms with Crippen molar-refractivity contribution in [3.8, 4) is 5.75 Å². The van der Waals surface area contributed by atoms with Crippen LogP contribution in [0.25, 0.3) is 0 Å². The summed E-state index contributed by atoms with van der Waals surface area (Å²) in [5.41, 5.74) is 4.09. The van der Waals surface area contributed by atoms with Crippen molar-refractivity contribution in [2.24, 2.45) is 0 Å². The summed E-state index contributed by atoms with van der Waals surface area (Å²) in [6, 6.07) is 19.1. The van der Waals surface area contributed by atoms with Crippen LogP contribution >= 0.6 is 0 Å². The van der Waals surface area contributed by atoms with Gasteiger partial charge in [0, 0.05) is 18.0 Å². The number of rotatable bonds is 4. The van der Waals surface area contributed by atoms with E-state index in [0.29, 0.717) is 11.8 Å². The van der Waals surface area contributed by atoms with Crippen molar-refractivity contribution in [3.05, 3.63) is 77.9 Å². The SMILES string of the molecule is C=C1[C@@H]2CCC[C@]1(c1cccc(O)c1)CCN2CCc1ccccc1. The predicted octanol–water partition coefficient (Wildman–Crippen LogP) is 4.69. The van der Waals surface area contributed by atoms with Gasteiger partial charge in [-0.1, -0.05) is 55.5 Å². The summed E-state index contributed by atoms with van der Waals surface area (Å²) < 4.78 is 0. The number of hydrogen-bond donors (Lipinski definition) is 1. The smallest absolute Gasteiger partial charge is 0.115 e. The average molecular weight is 333 g/mol. The molecule has 2 aromatic carbocycles. The first kappa shape index (κ1) is 16.4. The van der Waals surface area contributed by atoms with E-state index in [4.69, 9.17) is 0 Å². The normalized spacial score (nSPS) is 26.6. The zero-order valence-electron chi connectivity index (χ0n) is 14.8. The van der Waals surface area contributed by atoms with Crippen LogP contribution in [0.15, 0.2) is 66.7 Å². The summed E-state index contributed by atoms with van der Waals surface area (Å²) in [5, 5.41) is 9.95. The van der Waals surface area contributed by atoms with Crippen molar-refractivity contribution in [1.29, 1.82) is 0 Å². The molecule has 0 aromatic heterocycles. The Morgan fingerprint density at radius 3 is 2.72 bits per heavy atom. The van der Waals surface area contributed by atoms with E-state index in [1.54, 1.807) is 6.07 Å². The lowest BCUT2D eigenvalue weighted by Gasteiger charge is -2.53. The highest BCUT2D eigenvalue weighted by molar-refractivity contribution is 5.43. The van der Waals surface area contributed by atoms with Gasteiger partial charge in [0.15, 0.2) is 0 Å². The molecule has 0 amide bonds. The molecule has 1 aliphatic carbocycles. The Morgan fingerprint density at radius 1 is 1.08 bits per heavy atom. The number of likely N-dealkylation sites (tertiary alicyclic amines) is 1. The first-order valence-corrected chi connectivity index (χ1v) is 9.46. The number of phenols is 1. The topological polar surface area (TPSA) is 23.5 Å². The van der Waals surface area contributed by atoms with Crippen LogP contribution in [0, 0.1) is 0 Å². The number of nitrogens with zero attached hydrogens (tertiary/aromatic N) is 1. The molecule has 1 saturated carbocycles. The second-order valence-corrected chi connectivity index (χ2v) is 7.59. The Labute approximate surface area is 150 Å². The highest BCUT2D eigenvalue weighted by atomic mass is 16.3. The van der Waals surface area contributed by atoms with Crippen LogP contribution in [0.4, 0.5) is 0 Å². The van der Waals surface area contributed by atoms with Crippen LogP contribution < -0.4 is 0 Å². The minimum absolute atomic E-state index is 0.0604. The zero-order valence-corrected chi connectivity index (χ0v) is 14.8. The van der Waals surface area contributed by atoms with Gasteiger partial charge in [0.1, 0.15) is 5.75 Å². The van der Waals surface area contributed by atoms with Gasteiger partial charge in [-0.2, -0.15) is 0 Å². The molecule has 2 fully saturated rings. The lowest BCUT2D eigenvalue weighted by atomic mass is 9.60. The number of fused-ring (bicyclic) bond motifs is 2. The van der Waals surface area contributed by atoms with Crippen LogP contribution in [0.2, 0.25) is 0 Å². The molecule has 4 rings (SSSR count). The Kier molecular flexibility index (Phi) is 4.39. The van der Waals surface area contributed by atoms with Crippen LogP contribution in [-0.2, 0) is 11.8 Å². The van der Waals surface area contributed by atoms with Gasteiger partial charge in [0.2, 0.25) is 0 Å². The quantitative estimate of drug-likeness (QED) is 0.821. The molecule has 0 spiro atoms. The monoisotopic (exact) mass is 333 g/mol. The fourth-order valence-electron chi connectivity index (χ4n) is 4.89. The number of benzene rings is 2. The molecule has 25 heavy (non-hydrogen) atoms. The van der Waals surface area contributed by atoms with Gasteiger partial charge >= 0.3 is 0 Å².